The van der Waals surface area contributed by atoms with Gasteiger partial charge in [-0.15, -0.1) is 4.79 Å². The maximum Gasteiger partial charge on any atom is 0.359 e. The first-order chi connectivity index (χ1) is 8.04. The van der Waals surface area contributed by atoms with E-state index in [1.807, 2.05) is 0 Å². The summed E-state index contributed by atoms with van der Waals surface area (Å²) in [7, 11) is 0. The highest BCUT2D eigenvalue weighted by atomic mass is 32.1. The smallest absolute Gasteiger partial charge is 0.359 e. The van der Waals surface area contributed by atoms with Crippen LogP contribution in [0.15, 0.2) is 17.1 Å². The first-order valence-electron chi connectivity index (χ1n) is 4.99. The monoisotopic (exact) mass is 262 g/mol. The van der Waals surface area contributed by atoms with Gasteiger partial charge in [0, 0.05) is 12.6 Å². The van der Waals surface area contributed by atoms with E-state index in [4.69, 9.17) is 9.84 Å². The van der Waals surface area contributed by atoms with E-state index in [-0.39, 0.29) is 22.5 Å². The molecule has 1 aliphatic heterocycles. The second-order valence-corrected chi connectivity index (χ2v) is 4.16. The SMILES string of the molecule is O=c1n([C@@H]2C[C@@H](O)[C@H](CO)O2)ccc(=S)n1F. The van der Waals surface area contributed by atoms with Crippen LogP contribution in [0.4, 0.5) is 4.48 Å². The molecule has 0 saturated carbocycles. The maximum absolute atomic E-state index is 13.2. The molecule has 0 radical (unpaired) electrons. The fourth-order valence-corrected chi connectivity index (χ4v) is 1.88. The first kappa shape index (κ1) is 12.4. The van der Waals surface area contributed by atoms with Crippen LogP contribution in [0.1, 0.15) is 12.6 Å². The third-order valence-electron chi connectivity index (χ3n) is 2.65. The molecule has 1 aliphatic rings. The zero-order valence-corrected chi connectivity index (χ0v) is 9.51. The zero-order valence-electron chi connectivity index (χ0n) is 8.69. The van der Waals surface area contributed by atoms with Gasteiger partial charge in [-0.2, -0.15) is 0 Å². The lowest BCUT2D eigenvalue weighted by atomic mass is 10.2. The summed E-state index contributed by atoms with van der Waals surface area (Å²) in [5, 5.41) is 18.4. The van der Waals surface area contributed by atoms with E-state index in [2.05, 4.69) is 12.2 Å². The number of aliphatic hydroxyl groups is 2. The number of aliphatic hydroxyl groups excluding tert-OH is 2. The molecule has 8 heteroatoms. The summed E-state index contributed by atoms with van der Waals surface area (Å²) in [5.41, 5.74) is -0.965. The molecule has 1 fully saturated rings. The Balaban J connectivity index is 2.34. The Morgan fingerprint density at radius 3 is 2.94 bits per heavy atom. The van der Waals surface area contributed by atoms with Gasteiger partial charge in [0.05, 0.1) is 12.7 Å². The zero-order chi connectivity index (χ0) is 12.6. The highest BCUT2D eigenvalue weighted by Gasteiger charge is 2.35. The van der Waals surface area contributed by atoms with Crippen molar-refractivity contribution in [3.05, 3.63) is 27.4 Å². The van der Waals surface area contributed by atoms with Crippen molar-refractivity contribution in [2.24, 2.45) is 0 Å². The Labute approximate surface area is 100 Å². The molecule has 2 heterocycles. The van der Waals surface area contributed by atoms with E-state index in [0.717, 1.165) is 4.57 Å². The van der Waals surface area contributed by atoms with Crippen molar-refractivity contribution >= 4 is 12.2 Å². The van der Waals surface area contributed by atoms with Crippen molar-refractivity contribution < 1.29 is 19.4 Å². The van der Waals surface area contributed by atoms with Gasteiger partial charge in [0.2, 0.25) is 0 Å². The van der Waals surface area contributed by atoms with E-state index in [1.165, 1.54) is 12.3 Å². The Hall–Kier alpha value is -1.09. The number of hydrogen-bond donors (Lipinski definition) is 2. The third kappa shape index (κ3) is 2.16. The summed E-state index contributed by atoms with van der Waals surface area (Å²) >= 11 is 4.59. The molecular weight excluding hydrogens is 251 g/mol. The Morgan fingerprint density at radius 1 is 1.65 bits per heavy atom. The second-order valence-electron chi connectivity index (χ2n) is 3.74. The van der Waals surface area contributed by atoms with Crippen LogP contribution in [0.5, 0.6) is 0 Å². The fraction of sp³-hybridized carbons (Fsp3) is 0.556. The Morgan fingerprint density at radius 2 is 2.35 bits per heavy atom. The Kier molecular flexibility index (Phi) is 3.38. The van der Waals surface area contributed by atoms with Gasteiger partial charge in [-0.1, -0.05) is 16.7 Å². The molecule has 0 aliphatic carbocycles. The van der Waals surface area contributed by atoms with Gasteiger partial charge >= 0.3 is 5.69 Å². The van der Waals surface area contributed by atoms with Crippen LogP contribution in [0, 0.1) is 4.64 Å². The number of aromatic nitrogens is 2. The molecule has 0 amide bonds. The standard InChI is InChI=1S/C9H11FN2O4S/c10-12-8(17)1-2-11(9(12)15)7-3-5(14)6(4-13)16-7/h1-2,5-7,13-14H,3-4H2/t5-,6+,7+/m1/s1. The normalized spacial score (nSPS) is 28.5. The molecule has 0 spiro atoms. The van der Waals surface area contributed by atoms with Crippen molar-refractivity contribution in [2.75, 3.05) is 6.61 Å². The first-order valence-corrected chi connectivity index (χ1v) is 5.40. The van der Waals surface area contributed by atoms with Gasteiger partial charge in [0.25, 0.3) is 0 Å². The average Bonchev–Trinajstić information content (AvgIpc) is 2.67. The lowest BCUT2D eigenvalue weighted by molar-refractivity contribution is -0.0469. The van der Waals surface area contributed by atoms with E-state index in [1.54, 1.807) is 0 Å². The fourth-order valence-electron chi connectivity index (χ4n) is 1.74. The van der Waals surface area contributed by atoms with Gasteiger partial charge in [0.1, 0.15) is 17.0 Å². The summed E-state index contributed by atoms with van der Waals surface area (Å²) in [6.45, 7) is -0.360. The van der Waals surface area contributed by atoms with E-state index >= 15 is 0 Å². The lowest BCUT2D eigenvalue weighted by Crippen LogP contribution is -2.30. The predicted octanol–water partition coefficient (Wildman–Crippen LogP) is -0.247. The van der Waals surface area contributed by atoms with Gasteiger partial charge in [0.15, 0.2) is 0 Å². The molecule has 2 rings (SSSR count). The molecule has 17 heavy (non-hydrogen) atoms. The van der Waals surface area contributed by atoms with Gasteiger partial charge in [-0.25, -0.2) is 4.79 Å². The molecule has 0 aromatic carbocycles. The quantitative estimate of drug-likeness (QED) is 0.719. The lowest BCUT2D eigenvalue weighted by Gasteiger charge is -2.14. The summed E-state index contributed by atoms with van der Waals surface area (Å²) < 4.78 is 19.2. The molecule has 6 nitrogen and oxygen atoms in total. The highest BCUT2D eigenvalue weighted by Crippen LogP contribution is 2.27. The molecule has 94 valence electrons. The van der Waals surface area contributed by atoms with Gasteiger partial charge in [-0.05, 0) is 6.07 Å². The Bertz CT molecular complexity index is 528. The number of rotatable bonds is 2. The van der Waals surface area contributed by atoms with Crippen molar-refractivity contribution in [2.45, 2.75) is 24.9 Å². The van der Waals surface area contributed by atoms with Crippen LogP contribution < -0.4 is 5.69 Å². The minimum atomic E-state index is -0.965. The molecule has 3 atom stereocenters. The molecule has 0 unspecified atom stereocenters. The molecule has 2 N–H and O–H groups in total. The summed E-state index contributed by atoms with van der Waals surface area (Å²) in [6, 6.07) is 1.25. The van der Waals surface area contributed by atoms with E-state index < -0.39 is 24.1 Å². The molecule has 1 aromatic rings. The van der Waals surface area contributed by atoms with Crippen molar-refractivity contribution in [1.82, 2.24) is 9.36 Å². The second kappa shape index (κ2) is 4.65. The van der Waals surface area contributed by atoms with Crippen LogP contribution in [-0.2, 0) is 4.74 Å². The number of halogens is 1. The molecular formula is C9H11FN2O4S. The number of nitrogens with zero attached hydrogens (tertiary/aromatic N) is 2. The van der Waals surface area contributed by atoms with E-state index in [9.17, 15) is 14.4 Å². The summed E-state index contributed by atoms with van der Waals surface area (Å²) in [4.78, 5) is 11.4. The molecule has 0 bridgehead atoms. The predicted molar refractivity (Wildman–Crippen MR) is 57.7 cm³/mol. The number of ether oxygens (including phenoxy) is 1. The average molecular weight is 262 g/mol. The minimum absolute atomic E-state index is 0.113. The van der Waals surface area contributed by atoms with Crippen molar-refractivity contribution in [3.63, 3.8) is 0 Å². The van der Waals surface area contributed by atoms with Gasteiger partial charge in [-0.3, -0.25) is 4.57 Å². The van der Waals surface area contributed by atoms with Crippen LogP contribution in [0.3, 0.4) is 0 Å². The maximum atomic E-state index is 13.2. The van der Waals surface area contributed by atoms with Crippen LogP contribution in [0.2, 0.25) is 0 Å². The van der Waals surface area contributed by atoms with Crippen LogP contribution in [0.25, 0.3) is 0 Å². The van der Waals surface area contributed by atoms with Crippen LogP contribution >= 0.6 is 12.2 Å². The highest BCUT2D eigenvalue weighted by molar-refractivity contribution is 7.71. The van der Waals surface area contributed by atoms with E-state index in [0.29, 0.717) is 0 Å². The van der Waals surface area contributed by atoms with Gasteiger partial charge < -0.3 is 14.9 Å². The molecule has 1 aromatic heterocycles. The molecule has 1 saturated heterocycles. The minimum Gasteiger partial charge on any atom is -0.394 e. The van der Waals surface area contributed by atoms with Crippen molar-refractivity contribution in [3.8, 4) is 0 Å². The topological polar surface area (TPSA) is 76.6 Å². The van der Waals surface area contributed by atoms with Crippen LogP contribution in [-0.4, -0.2) is 38.4 Å². The number of hydrogen-bond acceptors (Lipinski definition) is 5. The summed E-state index contributed by atoms with van der Waals surface area (Å²) in [5.74, 6) is 0. The summed E-state index contributed by atoms with van der Waals surface area (Å²) in [6.07, 6.45) is -1.02. The van der Waals surface area contributed by atoms with Crippen molar-refractivity contribution in [1.29, 1.82) is 0 Å². The largest absolute Gasteiger partial charge is 0.394 e. The third-order valence-corrected chi connectivity index (χ3v) is 2.95.